The summed E-state index contributed by atoms with van der Waals surface area (Å²) in [6.07, 6.45) is 1.64. The first-order valence-corrected chi connectivity index (χ1v) is 8.98. The predicted molar refractivity (Wildman–Crippen MR) is 86.1 cm³/mol. The topological polar surface area (TPSA) is 67.4 Å². The molecule has 0 aliphatic heterocycles. The maximum atomic E-state index is 12.0. The average Bonchev–Trinajstić information content (AvgIpc) is 2.48. The van der Waals surface area contributed by atoms with E-state index in [1.807, 2.05) is 30.3 Å². The molecule has 21 heavy (non-hydrogen) atoms. The molecule has 1 aromatic carbocycles. The number of hydrogen-bond donors (Lipinski definition) is 2. The zero-order valence-electron chi connectivity index (χ0n) is 12.8. The normalized spacial score (nSPS) is 13.0. The summed E-state index contributed by atoms with van der Waals surface area (Å²) in [5, 5.41) is 2.69. The van der Waals surface area contributed by atoms with Crippen LogP contribution in [0.2, 0.25) is 0 Å². The highest BCUT2D eigenvalue weighted by Gasteiger charge is 2.19. The number of nitrogens with one attached hydrogen (secondary N) is 2. The van der Waals surface area contributed by atoms with Gasteiger partial charge in [-0.2, -0.15) is 0 Å². The van der Waals surface area contributed by atoms with Crippen molar-refractivity contribution in [2.24, 2.45) is 0 Å². The van der Waals surface area contributed by atoms with E-state index < -0.39 is 15.3 Å². The summed E-state index contributed by atoms with van der Waals surface area (Å²) >= 11 is 0. The first kappa shape index (κ1) is 17.9. The van der Waals surface area contributed by atoms with E-state index in [1.165, 1.54) is 0 Å². The van der Waals surface area contributed by atoms with E-state index >= 15 is 0 Å². The molecule has 1 unspecified atom stereocenters. The van der Waals surface area contributed by atoms with E-state index in [4.69, 9.17) is 4.74 Å². The van der Waals surface area contributed by atoms with Crippen LogP contribution in [0.4, 0.5) is 0 Å². The van der Waals surface area contributed by atoms with Crippen molar-refractivity contribution in [1.82, 2.24) is 10.0 Å². The second-order valence-electron chi connectivity index (χ2n) is 4.97. The largest absolute Gasteiger partial charge is 0.494 e. The van der Waals surface area contributed by atoms with E-state index in [9.17, 15) is 8.42 Å². The van der Waals surface area contributed by atoms with Gasteiger partial charge in [-0.15, -0.1) is 0 Å². The first-order chi connectivity index (χ1) is 10.1. The van der Waals surface area contributed by atoms with Gasteiger partial charge in [0.25, 0.3) is 0 Å². The third-order valence-electron chi connectivity index (χ3n) is 3.02. The van der Waals surface area contributed by atoms with Gasteiger partial charge >= 0.3 is 0 Å². The summed E-state index contributed by atoms with van der Waals surface area (Å²) in [6, 6.07) is 9.50. The Morgan fingerprint density at radius 2 is 1.90 bits per heavy atom. The summed E-state index contributed by atoms with van der Waals surface area (Å²) in [5.74, 6) is 0.803. The minimum absolute atomic E-state index is 0.396. The molecule has 0 fully saturated rings. The van der Waals surface area contributed by atoms with E-state index in [2.05, 4.69) is 17.0 Å². The van der Waals surface area contributed by atoms with E-state index in [0.29, 0.717) is 26.1 Å². The van der Waals surface area contributed by atoms with Gasteiger partial charge in [0.1, 0.15) is 5.75 Å². The van der Waals surface area contributed by atoms with Gasteiger partial charge < -0.3 is 10.1 Å². The Morgan fingerprint density at radius 3 is 2.57 bits per heavy atom. The van der Waals surface area contributed by atoms with Gasteiger partial charge in [-0.3, -0.25) is 0 Å². The molecular weight excluding hydrogens is 288 g/mol. The minimum atomic E-state index is -3.25. The summed E-state index contributed by atoms with van der Waals surface area (Å²) < 4.78 is 32.1. The van der Waals surface area contributed by atoms with Crippen LogP contribution in [0.25, 0.3) is 0 Å². The monoisotopic (exact) mass is 314 g/mol. The van der Waals surface area contributed by atoms with Crippen LogP contribution in [0, 0.1) is 0 Å². The van der Waals surface area contributed by atoms with Gasteiger partial charge in [-0.1, -0.05) is 25.1 Å². The van der Waals surface area contributed by atoms with Crippen LogP contribution >= 0.6 is 0 Å². The summed E-state index contributed by atoms with van der Waals surface area (Å²) in [4.78, 5) is 0. The van der Waals surface area contributed by atoms with Crippen molar-refractivity contribution in [2.45, 2.75) is 31.9 Å². The second kappa shape index (κ2) is 9.76. The van der Waals surface area contributed by atoms with Crippen molar-refractivity contribution in [3.05, 3.63) is 30.3 Å². The number of rotatable bonds is 11. The van der Waals surface area contributed by atoms with Gasteiger partial charge in [-0.05, 0) is 38.4 Å². The molecule has 0 heterocycles. The maximum absolute atomic E-state index is 12.0. The Kier molecular flexibility index (Phi) is 8.34. The lowest BCUT2D eigenvalue weighted by Gasteiger charge is -2.14. The SMILES string of the molecule is CCCNCC(C)S(=O)(=O)NCCCOc1ccccc1. The molecule has 0 bridgehead atoms. The molecule has 2 N–H and O–H groups in total. The molecule has 5 nitrogen and oxygen atoms in total. The zero-order valence-corrected chi connectivity index (χ0v) is 13.7. The van der Waals surface area contributed by atoms with Gasteiger partial charge in [0.05, 0.1) is 11.9 Å². The smallest absolute Gasteiger partial charge is 0.215 e. The average molecular weight is 314 g/mol. The highest BCUT2D eigenvalue weighted by molar-refractivity contribution is 7.90. The molecule has 0 spiro atoms. The van der Waals surface area contributed by atoms with E-state index in [1.54, 1.807) is 6.92 Å². The fourth-order valence-electron chi connectivity index (χ4n) is 1.73. The fraction of sp³-hybridized carbons (Fsp3) is 0.600. The summed E-state index contributed by atoms with van der Waals surface area (Å²) in [6.45, 7) is 5.97. The highest BCUT2D eigenvalue weighted by atomic mass is 32.2. The van der Waals surface area contributed by atoms with Crippen LogP contribution in [0.5, 0.6) is 5.75 Å². The van der Waals surface area contributed by atoms with Crippen molar-refractivity contribution in [2.75, 3.05) is 26.2 Å². The lowest BCUT2D eigenvalue weighted by molar-refractivity contribution is 0.311. The lowest BCUT2D eigenvalue weighted by atomic mass is 10.3. The summed E-state index contributed by atoms with van der Waals surface area (Å²) in [7, 11) is -3.25. The van der Waals surface area contributed by atoms with E-state index in [-0.39, 0.29) is 0 Å². The molecule has 0 saturated heterocycles. The van der Waals surface area contributed by atoms with Crippen molar-refractivity contribution < 1.29 is 13.2 Å². The molecule has 120 valence electrons. The number of ether oxygens (including phenoxy) is 1. The van der Waals surface area contributed by atoms with Crippen LogP contribution < -0.4 is 14.8 Å². The Morgan fingerprint density at radius 1 is 1.19 bits per heavy atom. The van der Waals surface area contributed by atoms with Gasteiger partial charge in [-0.25, -0.2) is 13.1 Å². The van der Waals surface area contributed by atoms with Crippen LogP contribution in [0.15, 0.2) is 30.3 Å². The van der Waals surface area contributed by atoms with Crippen LogP contribution in [-0.4, -0.2) is 39.9 Å². The molecule has 0 saturated carbocycles. The van der Waals surface area contributed by atoms with Crippen LogP contribution in [-0.2, 0) is 10.0 Å². The third kappa shape index (κ3) is 7.45. The Balaban J connectivity index is 2.18. The molecule has 0 radical (unpaired) electrons. The van der Waals surface area contributed by atoms with Gasteiger partial charge in [0.15, 0.2) is 0 Å². The molecule has 1 rings (SSSR count). The Bertz CT molecular complexity index is 477. The maximum Gasteiger partial charge on any atom is 0.215 e. The first-order valence-electron chi connectivity index (χ1n) is 7.43. The Labute approximate surface area is 128 Å². The zero-order chi connectivity index (χ0) is 15.6. The molecule has 6 heteroatoms. The van der Waals surface area contributed by atoms with Crippen LogP contribution in [0.1, 0.15) is 26.7 Å². The second-order valence-corrected chi connectivity index (χ2v) is 7.15. The number of para-hydroxylation sites is 1. The quantitative estimate of drug-likeness (QED) is 0.611. The third-order valence-corrected chi connectivity index (χ3v) is 4.86. The molecule has 0 amide bonds. The van der Waals surface area contributed by atoms with Gasteiger partial charge in [0, 0.05) is 13.1 Å². The Hall–Kier alpha value is -1.11. The highest BCUT2D eigenvalue weighted by Crippen LogP contribution is 2.08. The molecule has 0 aliphatic rings. The predicted octanol–water partition coefficient (Wildman–Crippen LogP) is 1.76. The molecule has 0 aliphatic carbocycles. The van der Waals surface area contributed by atoms with Crippen molar-refractivity contribution in [3.63, 3.8) is 0 Å². The fourth-order valence-corrected chi connectivity index (χ4v) is 2.78. The van der Waals surface area contributed by atoms with E-state index in [0.717, 1.165) is 18.7 Å². The molecule has 1 aromatic rings. The van der Waals surface area contributed by atoms with Crippen molar-refractivity contribution in [1.29, 1.82) is 0 Å². The van der Waals surface area contributed by atoms with Crippen molar-refractivity contribution >= 4 is 10.0 Å². The number of benzene rings is 1. The lowest BCUT2D eigenvalue weighted by Crippen LogP contribution is -2.39. The van der Waals surface area contributed by atoms with Gasteiger partial charge in [0.2, 0.25) is 10.0 Å². The molecule has 1 atom stereocenters. The number of sulfonamides is 1. The molecule has 0 aromatic heterocycles. The van der Waals surface area contributed by atoms with Crippen LogP contribution in [0.3, 0.4) is 0 Å². The minimum Gasteiger partial charge on any atom is -0.494 e. The molecular formula is C15H26N2O3S. The standard InChI is InChI=1S/C15H26N2O3S/c1-3-10-16-13-14(2)21(18,19)17-11-7-12-20-15-8-5-4-6-9-15/h4-6,8-9,14,16-17H,3,7,10-13H2,1-2H3. The number of hydrogen-bond acceptors (Lipinski definition) is 4. The summed E-state index contributed by atoms with van der Waals surface area (Å²) in [5.41, 5.74) is 0. The van der Waals surface area contributed by atoms with Crippen molar-refractivity contribution in [3.8, 4) is 5.75 Å².